The molecule has 0 saturated carbocycles. The summed E-state index contributed by atoms with van der Waals surface area (Å²) in [7, 11) is 0. The number of fused-ring (bicyclic) bond motifs is 1. The molecule has 2 aromatic rings. The summed E-state index contributed by atoms with van der Waals surface area (Å²) in [6, 6.07) is 6.03. The average molecular weight is 281 g/mol. The van der Waals surface area contributed by atoms with Crippen molar-refractivity contribution in [2.75, 3.05) is 0 Å². The molecule has 8 heteroatoms. The normalized spacial score (nSPS) is 10.4. The lowest BCUT2D eigenvalue weighted by molar-refractivity contribution is -0.422. The molecule has 96 valence electrons. The number of benzene rings is 2. The Morgan fingerprint density at radius 1 is 1.00 bits per heavy atom. The second-order valence-electron chi connectivity index (χ2n) is 3.60. The number of aldehydes is 1. The van der Waals surface area contributed by atoms with Gasteiger partial charge in [-0.2, -0.15) is 0 Å². The molecule has 0 aromatic heterocycles. The zero-order valence-electron chi connectivity index (χ0n) is 9.20. The van der Waals surface area contributed by atoms with Gasteiger partial charge >= 0.3 is 11.4 Å². The van der Waals surface area contributed by atoms with Gasteiger partial charge in [0.2, 0.25) is 0 Å². The number of rotatable bonds is 3. The van der Waals surface area contributed by atoms with E-state index in [1.54, 1.807) is 12.1 Å². The van der Waals surface area contributed by atoms with Gasteiger partial charge in [-0.15, -0.1) is 0 Å². The molecule has 0 fully saturated rings. The van der Waals surface area contributed by atoms with E-state index in [4.69, 9.17) is 11.6 Å². The van der Waals surface area contributed by atoms with E-state index in [9.17, 15) is 25.0 Å². The molecule has 0 aliphatic heterocycles. The fraction of sp³-hybridized carbons (Fsp3) is 0. The Morgan fingerprint density at radius 2 is 1.53 bits per heavy atom. The lowest BCUT2D eigenvalue weighted by Gasteiger charge is -2.05. The summed E-state index contributed by atoms with van der Waals surface area (Å²) < 4.78 is 0. The number of carbonyl (C=O) groups is 1. The van der Waals surface area contributed by atoms with E-state index in [1.807, 2.05) is 0 Å². The molecule has 19 heavy (non-hydrogen) atoms. The van der Waals surface area contributed by atoms with E-state index < -0.39 is 21.2 Å². The first kappa shape index (κ1) is 12.9. The van der Waals surface area contributed by atoms with Gasteiger partial charge in [-0.3, -0.25) is 25.0 Å². The van der Waals surface area contributed by atoms with Crippen LogP contribution < -0.4 is 0 Å². The molecule has 0 radical (unpaired) electrons. The molecule has 0 heterocycles. The Hall–Kier alpha value is -2.54. The Bertz CT molecular complexity index is 729. The molecular formula is C11H5ClN2O5. The number of nitro groups is 2. The van der Waals surface area contributed by atoms with Crippen LogP contribution >= 0.6 is 11.6 Å². The van der Waals surface area contributed by atoms with Crippen LogP contribution in [0.5, 0.6) is 0 Å². The lowest BCUT2D eigenvalue weighted by Crippen LogP contribution is -2.02. The minimum absolute atomic E-state index is 0.208. The number of hydrogen-bond donors (Lipinski definition) is 0. The highest BCUT2D eigenvalue weighted by Gasteiger charge is 2.34. The molecule has 7 nitrogen and oxygen atoms in total. The minimum atomic E-state index is -0.972. The molecule has 0 spiro atoms. The third-order valence-corrected chi connectivity index (χ3v) is 3.01. The molecule has 0 unspecified atom stereocenters. The van der Waals surface area contributed by atoms with Crippen LogP contribution in [0.15, 0.2) is 24.3 Å². The Morgan fingerprint density at radius 3 is 2.00 bits per heavy atom. The molecule has 0 N–H and O–H groups in total. The van der Waals surface area contributed by atoms with Crippen molar-refractivity contribution in [3.05, 3.63) is 55.1 Å². The van der Waals surface area contributed by atoms with Gasteiger partial charge in [0, 0.05) is 10.8 Å². The van der Waals surface area contributed by atoms with Crippen LogP contribution in [-0.2, 0) is 0 Å². The summed E-state index contributed by atoms with van der Waals surface area (Å²) in [6.45, 7) is 0. The highest BCUT2D eigenvalue weighted by molar-refractivity contribution is 6.39. The van der Waals surface area contributed by atoms with E-state index in [0.29, 0.717) is 0 Å². The van der Waals surface area contributed by atoms with Gasteiger partial charge in [-0.25, -0.2) is 0 Å². The number of hydrogen-bond acceptors (Lipinski definition) is 5. The predicted octanol–water partition coefficient (Wildman–Crippen LogP) is 3.12. The third kappa shape index (κ3) is 1.89. The highest BCUT2D eigenvalue weighted by atomic mass is 35.5. The maximum Gasteiger partial charge on any atom is 0.365 e. The first-order valence-corrected chi connectivity index (χ1v) is 5.35. The van der Waals surface area contributed by atoms with Crippen molar-refractivity contribution in [3.8, 4) is 0 Å². The van der Waals surface area contributed by atoms with E-state index >= 15 is 0 Å². The zero-order chi connectivity index (χ0) is 14.2. The molecule has 0 saturated heterocycles. The van der Waals surface area contributed by atoms with Gasteiger partial charge in [0.1, 0.15) is 10.6 Å². The molecule has 0 aliphatic rings. The lowest BCUT2D eigenvalue weighted by atomic mass is 10.0. The second-order valence-corrected chi connectivity index (χ2v) is 3.98. The van der Waals surface area contributed by atoms with Crippen LogP contribution in [0.1, 0.15) is 10.4 Å². The number of carbonyl (C=O) groups excluding carboxylic acids is 1. The standard InChI is InChI=1S/C11H5ClN2O5/c12-9-7-4-2-1-3-6(7)8(5-15)10(13(16)17)11(9)14(18)19/h1-5H. The number of nitro benzene ring substituents is 2. The van der Waals surface area contributed by atoms with Gasteiger partial charge in [-0.1, -0.05) is 35.9 Å². The van der Waals surface area contributed by atoms with Gasteiger partial charge in [0.05, 0.1) is 9.85 Å². The smallest absolute Gasteiger partial charge is 0.298 e. The van der Waals surface area contributed by atoms with E-state index in [2.05, 4.69) is 0 Å². The molecule has 0 bridgehead atoms. The van der Waals surface area contributed by atoms with E-state index in [-0.39, 0.29) is 27.6 Å². The fourth-order valence-corrected chi connectivity index (χ4v) is 2.19. The monoisotopic (exact) mass is 280 g/mol. The molecule has 2 aromatic carbocycles. The molecule has 2 rings (SSSR count). The van der Waals surface area contributed by atoms with Crippen LogP contribution in [0.25, 0.3) is 10.8 Å². The summed E-state index contributed by atoms with van der Waals surface area (Å²) >= 11 is 5.85. The Balaban J connectivity index is 3.12. The predicted molar refractivity (Wildman–Crippen MR) is 67.7 cm³/mol. The van der Waals surface area contributed by atoms with Gasteiger partial charge in [0.15, 0.2) is 6.29 Å². The zero-order valence-corrected chi connectivity index (χ0v) is 9.96. The van der Waals surface area contributed by atoms with Crippen molar-refractivity contribution in [1.29, 1.82) is 0 Å². The first-order chi connectivity index (χ1) is 8.99. The number of nitrogens with zero attached hydrogens (tertiary/aromatic N) is 2. The van der Waals surface area contributed by atoms with Crippen molar-refractivity contribution in [3.63, 3.8) is 0 Å². The Labute approximate surface area is 110 Å². The first-order valence-electron chi connectivity index (χ1n) is 4.97. The highest BCUT2D eigenvalue weighted by Crippen LogP contribution is 2.43. The average Bonchev–Trinajstić information content (AvgIpc) is 2.37. The molecular weight excluding hydrogens is 276 g/mol. The van der Waals surface area contributed by atoms with Crippen LogP contribution in [0, 0.1) is 20.2 Å². The van der Waals surface area contributed by atoms with Gasteiger partial charge in [0.25, 0.3) is 0 Å². The molecule has 0 atom stereocenters. The van der Waals surface area contributed by atoms with Crippen LogP contribution in [-0.4, -0.2) is 16.1 Å². The number of halogens is 1. The van der Waals surface area contributed by atoms with Crippen molar-refractivity contribution in [1.82, 2.24) is 0 Å². The maximum atomic E-state index is 11.1. The summed E-state index contributed by atoms with van der Waals surface area (Å²) in [5, 5.41) is 22.0. The molecule has 0 aliphatic carbocycles. The van der Waals surface area contributed by atoms with Crippen LogP contribution in [0.4, 0.5) is 11.4 Å². The minimum Gasteiger partial charge on any atom is -0.298 e. The van der Waals surface area contributed by atoms with Crippen molar-refractivity contribution >= 4 is 40.0 Å². The SMILES string of the molecule is O=Cc1c([N+](=O)[O-])c([N+](=O)[O-])c(Cl)c2ccccc12. The Kier molecular flexibility index (Phi) is 3.14. The summed E-state index contributed by atoms with van der Waals surface area (Å²) in [5.41, 5.74) is -2.10. The van der Waals surface area contributed by atoms with E-state index in [0.717, 1.165) is 0 Å². The van der Waals surface area contributed by atoms with Crippen LogP contribution in [0.3, 0.4) is 0 Å². The van der Waals surface area contributed by atoms with Crippen molar-refractivity contribution in [2.45, 2.75) is 0 Å². The topological polar surface area (TPSA) is 103 Å². The second kappa shape index (κ2) is 4.62. The quantitative estimate of drug-likeness (QED) is 0.488. The fourth-order valence-electron chi connectivity index (χ4n) is 1.87. The third-order valence-electron chi connectivity index (χ3n) is 2.62. The van der Waals surface area contributed by atoms with Crippen LogP contribution in [0.2, 0.25) is 5.02 Å². The van der Waals surface area contributed by atoms with Crippen molar-refractivity contribution in [2.24, 2.45) is 0 Å². The molecule has 0 amide bonds. The summed E-state index contributed by atoms with van der Waals surface area (Å²) in [5.74, 6) is 0. The summed E-state index contributed by atoms with van der Waals surface area (Å²) in [4.78, 5) is 31.1. The van der Waals surface area contributed by atoms with Crippen molar-refractivity contribution < 1.29 is 14.6 Å². The maximum absolute atomic E-state index is 11.1. The largest absolute Gasteiger partial charge is 0.365 e. The van der Waals surface area contributed by atoms with Gasteiger partial charge in [-0.05, 0) is 0 Å². The van der Waals surface area contributed by atoms with E-state index in [1.165, 1.54) is 12.1 Å². The van der Waals surface area contributed by atoms with Gasteiger partial charge < -0.3 is 0 Å². The summed E-state index contributed by atoms with van der Waals surface area (Å²) in [6.07, 6.45) is 0.226.